The number of allylic oxidation sites excluding steroid dienone is 1. The molecule has 2 bridgehead atoms. The molecule has 278 valence electrons. The largest absolute Gasteiger partial charge is 0.490 e. The van der Waals surface area contributed by atoms with Crippen molar-refractivity contribution in [3.05, 3.63) is 70.3 Å². The Morgan fingerprint density at radius 2 is 1.96 bits per heavy atom. The molecule has 0 radical (unpaired) electrons. The number of amides is 3. The topological polar surface area (TPSA) is 110 Å². The van der Waals surface area contributed by atoms with Crippen LogP contribution in [-0.4, -0.2) is 85.5 Å². The summed E-state index contributed by atoms with van der Waals surface area (Å²) in [5.74, 6) is 0.391. The molecule has 1 unspecified atom stereocenters. The standard InChI is InChI=1S/C39H53ClN4O6S/c1-6-32-27(4)20-44-24-39(17-9-11-28-18-30(40)14-15-33(28)39)25-50-36-16-13-29(19-34(36)44)37(45)41-51(47,23-26(3)10-8-12-35(32)48-5)42-38(46)43-21-31(22-43)49-7-2/h8,12-16,18-19,26-27,31-32,35H,6-7,9-11,17,20-25H2,1-5H3,(H,41,42,45,46,47)/b12-8+/t26-,27-,32+,35-,39-,51?/m0/s1. The summed E-state index contributed by atoms with van der Waals surface area (Å²) in [4.78, 5) is 31.1. The van der Waals surface area contributed by atoms with Crippen LogP contribution in [-0.2, 0) is 31.2 Å². The predicted molar refractivity (Wildman–Crippen MR) is 202 cm³/mol. The average Bonchev–Trinajstić information content (AvgIpc) is 3.21. The summed E-state index contributed by atoms with van der Waals surface area (Å²) in [7, 11) is -1.73. The van der Waals surface area contributed by atoms with Gasteiger partial charge in [0.05, 0.1) is 43.3 Å². The van der Waals surface area contributed by atoms with E-state index >= 15 is 0 Å². The number of halogens is 1. The van der Waals surface area contributed by atoms with Crippen molar-refractivity contribution in [2.75, 3.05) is 57.2 Å². The minimum Gasteiger partial charge on any atom is -0.490 e. The number of fused-ring (bicyclic) bond motifs is 3. The number of nitrogens with one attached hydrogen (secondary N) is 1. The monoisotopic (exact) mass is 740 g/mol. The van der Waals surface area contributed by atoms with Crippen molar-refractivity contribution < 1.29 is 28.0 Å². The van der Waals surface area contributed by atoms with E-state index in [-0.39, 0.29) is 41.1 Å². The number of hydrogen-bond acceptors (Lipinski definition) is 7. The highest BCUT2D eigenvalue weighted by atomic mass is 35.5. The number of hydrogen-bond donors (Lipinski definition) is 1. The third kappa shape index (κ3) is 8.27. The van der Waals surface area contributed by atoms with Gasteiger partial charge in [0.2, 0.25) is 0 Å². The predicted octanol–water partition coefficient (Wildman–Crippen LogP) is 7.04. The summed E-state index contributed by atoms with van der Waals surface area (Å²) in [6.45, 7) is 11.6. The Morgan fingerprint density at radius 3 is 2.71 bits per heavy atom. The van der Waals surface area contributed by atoms with Crippen molar-refractivity contribution in [3.8, 4) is 5.75 Å². The first-order valence-corrected chi connectivity index (χ1v) is 20.5. The Balaban J connectivity index is 1.41. The maximum atomic E-state index is 14.5. The Labute approximate surface area is 308 Å². The zero-order chi connectivity index (χ0) is 36.3. The van der Waals surface area contributed by atoms with Crippen LogP contribution in [0.25, 0.3) is 0 Å². The smallest absolute Gasteiger partial charge is 0.330 e. The molecule has 4 aliphatic rings. The molecule has 1 aliphatic carbocycles. The van der Waals surface area contributed by atoms with Gasteiger partial charge >= 0.3 is 6.03 Å². The van der Waals surface area contributed by atoms with Crippen molar-refractivity contribution in [3.63, 3.8) is 0 Å². The van der Waals surface area contributed by atoms with Crippen LogP contribution in [0.15, 0.2) is 52.9 Å². The van der Waals surface area contributed by atoms with Crippen LogP contribution in [0.3, 0.4) is 0 Å². The number of likely N-dealkylation sites (tertiary alicyclic amines) is 1. The molecule has 10 nitrogen and oxygen atoms in total. The molecule has 2 aromatic rings. The number of carbonyl (C=O) groups is 2. The molecule has 0 aromatic heterocycles. The fourth-order valence-corrected chi connectivity index (χ4v) is 10.5. The number of anilines is 1. The van der Waals surface area contributed by atoms with Gasteiger partial charge in [-0.3, -0.25) is 9.52 Å². The summed E-state index contributed by atoms with van der Waals surface area (Å²) in [6.07, 6.45) is 8.48. The van der Waals surface area contributed by atoms with Gasteiger partial charge in [-0.1, -0.05) is 57.0 Å². The van der Waals surface area contributed by atoms with Gasteiger partial charge in [0.1, 0.15) is 15.7 Å². The van der Waals surface area contributed by atoms with E-state index in [1.54, 1.807) is 13.2 Å². The minimum absolute atomic E-state index is 0.0227. The molecule has 51 heavy (non-hydrogen) atoms. The summed E-state index contributed by atoms with van der Waals surface area (Å²) in [5, 5.41) is 0.736. The third-order valence-corrected chi connectivity index (χ3v) is 13.3. The molecule has 1 N–H and O–H groups in total. The minimum atomic E-state index is -3.49. The summed E-state index contributed by atoms with van der Waals surface area (Å²) < 4.78 is 39.8. The highest BCUT2D eigenvalue weighted by Crippen LogP contribution is 2.45. The van der Waals surface area contributed by atoms with E-state index in [9.17, 15) is 13.8 Å². The van der Waals surface area contributed by atoms with E-state index in [1.807, 2.05) is 32.0 Å². The van der Waals surface area contributed by atoms with Crippen molar-refractivity contribution in [1.29, 1.82) is 0 Å². The van der Waals surface area contributed by atoms with Gasteiger partial charge in [-0.25, -0.2) is 9.00 Å². The summed E-state index contributed by atoms with van der Waals surface area (Å²) in [5.41, 5.74) is 3.35. The lowest BCUT2D eigenvalue weighted by atomic mass is 9.70. The summed E-state index contributed by atoms with van der Waals surface area (Å²) >= 11 is 6.46. The molecule has 1 saturated heterocycles. The van der Waals surface area contributed by atoms with Crippen LogP contribution in [0.4, 0.5) is 10.5 Å². The number of urea groups is 1. The first kappa shape index (κ1) is 37.6. The third-order valence-electron chi connectivity index (χ3n) is 11.1. The first-order chi connectivity index (χ1) is 24.5. The molecule has 0 saturated carbocycles. The lowest BCUT2D eigenvalue weighted by Gasteiger charge is -2.42. The maximum Gasteiger partial charge on any atom is 0.330 e. The molecule has 12 heteroatoms. The second kappa shape index (κ2) is 15.9. The van der Waals surface area contributed by atoms with Crippen molar-refractivity contribution in [1.82, 2.24) is 9.62 Å². The van der Waals surface area contributed by atoms with Crippen LogP contribution in [0.1, 0.15) is 74.9 Å². The van der Waals surface area contributed by atoms with Crippen molar-refractivity contribution in [2.24, 2.45) is 22.1 Å². The van der Waals surface area contributed by atoms with Gasteiger partial charge < -0.3 is 24.0 Å². The van der Waals surface area contributed by atoms with E-state index in [0.717, 1.165) is 36.4 Å². The zero-order valence-corrected chi connectivity index (χ0v) is 32.1. The lowest BCUT2D eigenvalue weighted by molar-refractivity contribution is -0.0290. The molecule has 6 rings (SSSR count). The van der Waals surface area contributed by atoms with Gasteiger partial charge in [0.25, 0.3) is 5.91 Å². The van der Waals surface area contributed by atoms with Crippen LogP contribution >= 0.6 is 11.6 Å². The number of methoxy groups -OCH3 is 1. The van der Waals surface area contributed by atoms with E-state index in [1.165, 1.54) is 16.0 Å². The van der Waals surface area contributed by atoms with Crippen molar-refractivity contribution >= 4 is 39.1 Å². The van der Waals surface area contributed by atoms with Gasteiger partial charge in [-0.05, 0) is 91.8 Å². The van der Waals surface area contributed by atoms with E-state index < -0.39 is 21.9 Å². The number of rotatable bonds is 5. The second-order valence-corrected chi connectivity index (χ2v) is 17.3. The van der Waals surface area contributed by atoms with Crippen LogP contribution < -0.4 is 14.4 Å². The number of benzene rings is 2. The number of aryl methyl sites for hydroxylation is 1. The van der Waals surface area contributed by atoms with Crippen molar-refractivity contribution in [2.45, 2.75) is 77.4 Å². The Kier molecular flexibility index (Phi) is 11.7. The molecule has 1 fully saturated rings. The van der Waals surface area contributed by atoms with Gasteiger partial charge in [-0.2, -0.15) is 0 Å². The molecule has 2 aromatic carbocycles. The van der Waals surface area contributed by atoms with Gasteiger partial charge in [0.15, 0.2) is 0 Å². The molecular weight excluding hydrogens is 688 g/mol. The fourth-order valence-electron chi connectivity index (χ4n) is 8.42. The highest BCUT2D eigenvalue weighted by Gasteiger charge is 2.43. The SMILES string of the molecule is CCOC1CN(C(=O)NS2(=O)=NC(=O)c3ccc4c(c3)N(C[C@H](C)[C@@H](CC)[C@@H](OC)/C=C/C[C@H](C)C2)C[C@@]2(CCCc3cc(Cl)ccc32)CO4)C1. The molecule has 3 aliphatic heterocycles. The highest BCUT2D eigenvalue weighted by molar-refractivity contribution is 7.92. The molecular formula is C39H53ClN4O6S. The molecule has 3 amide bonds. The number of ether oxygens (including phenoxy) is 3. The number of carbonyl (C=O) groups excluding carboxylic acids is 2. The quantitative estimate of drug-likeness (QED) is 0.328. The molecule has 3 heterocycles. The van der Waals surface area contributed by atoms with Gasteiger partial charge in [0, 0.05) is 42.8 Å². The number of nitrogens with zero attached hydrogens (tertiary/aromatic N) is 3. The van der Waals surface area contributed by atoms with E-state index in [2.05, 4.69) is 52.1 Å². The van der Waals surface area contributed by atoms with Crippen LogP contribution in [0.2, 0.25) is 5.02 Å². The average molecular weight is 741 g/mol. The lowest BCUT2D eigenvalue weighted by Crippen LogP contribution is -2.58. The summed E-state index contributed by atoms with van der Waals surface area (Å²) in [6, 6.07) is 11.1. The van der Waals surface area contributed by atoms with Crippen LogP contribution in [0.5, 0.6) is 5.75 Å². The van der Waals surface area contributed by atoms with Gasteiger partial charge in [-0.15, -0.1) is 4.36 Å². The van der Waals surface area contributed by atoms with E-state index in [4.69, 9.17) is 25.8 Å². The van der Waals surface area contributed by atoms with Crippen LogP contribution in [0, 0.1) is 17.8 Å². The molecule has 6 atom stereocenters. The maximum absolute atomic E-state index is 14.5. The van der Waals surface area contributed by atoms with E-state index in [0.29, 0.717) is 57.1 Å². The second-order valence-electron chi connectivity index (χ2n) is 14.9. The Hall–Kier alpha value is -3.12. The molecule has 1 spiro atoms. The Morgan fingerprint density at radius 1 is 1.16 bits per heavy atom. The fraction of sp³-hybridized carbons (Fsp3) is 0.590. The zero-order valence-electron chi connectivity index (χ0n) is 30.6. The first-order valence-electron chi connectivity index (χ1n) is 18.4. The normalized spacial score (nSPS) is 30.7. The Bertz CT molecular complexity index is 1750.